The Labute approximate surface area is 81.2 Å². The van der Waals surface area contributed by atoms with Crippen molar-refractivity contribution in [2.45, 2.75) is 0 Å². The highest BCUT2D eigenvalue weighted by atomic mass is 16.1. The van der Waals surface area contributed by atoms with Crippen molar-refractivity contribution in [1.82, 2.24) is 0 Å². The van der Waals surface area contributed by atoms with Crippen molar-refractivity contribution < 1.29 is 13.6 Å². The first-order valence-corrected chi connectivity index (χ1v) is 4.54. The lowest BCUT2D eigenvalue weighted by atomic mass is 9.51. The minimum absolute atomic E-state index is 0.0694. The number of carbonyl (C=O) groups excluding carboxylic acids is 1. The van der Waals surface area contributed by atoms with Gasteiger partial charge in [-0.1, -0.05) is 6.44 Å². The molecule has 0 unspecified atom stereocenters. The molecule has 0 aliphatic carbocycles. The van der Waals surface area contributed by atoms with Crippen LogP contribution in [0, 0.1) is 0 Å². The number of amides is 1. The minimum Gasteiger partial charge on any atom is -0.588 e. The summed E-state index contributed by atoms with van der Waals surface area (Å²) in [6.07, 6.45) is 1.68. The van der Waals surface area contributed by atoms with E-state index < -0.39 is 0 Å². The Morgan fingerprint density at radius 3 is 2.31 bits per heavy atom. The summed E-state index contributed by atoms with van der Waals surface area (Å²) in [7, 11) is 10.5. The van der Waals surface area contributed by atoms with Gasteiger partial charge in [-0.15, -0.1) is 0 Å². The summed E-state index contributed by atoms with van der Waals surface area (Å²) in [6.45, 7) is -0.0694. The highest BCUT2D eigenvalue weighted by Gasteiger charge is 2.31. The molecule has 1 amide bonds. The first kappa shape index (κ1) is 10.6. The van der Waals surface area contributed by atoms with Crippen LogP contribution in [0.3, 0.4) is 0 Å². The molecule has 1 heterocycles. The molecule has 0 atom stereocenters. The molecule has 4 nitrogen and oxygen atoms in total. The molecule has 1 fully saturated rings. The molecule has 0 bridgehead atoms. The SMILES string of the molecule is C[N+]1(C)[B-]C[N+](C)(C)[B-](C(N)=O)C1. The summed E-state index contributed by atoms with van der Waals surface area (Å²) in [5, 5.41) is 0. The van der Waals surface area contributed by atoms with Gasteiger partial charge in [0.15, 0.2) is 0 Å². The van der Waals surface area contributed by atoms with Gasteiger partial charge >= 0.3 is 0 Å². The Morgan fingerprint density at radius 1 is 1.38 bits per heavy atom. The van der Waals surface area contributed by atoms with E-state index in [0.717, 1.165) is 17.3 Å². The van der Waals surface area contributed by atoms with Crippen LogP contribution in [-0.4, -0.2) is 69.9 Å². The molecule has 0 aromatic rings. The van der Waals surface area contributed by atoms with Crippen molar-refractivity contribution >= 4 is 20.1 Å². The van der Waals surface area contributed by atoms with Crippen LogP contribution >= 0.6 is 0 Å². The lowest BCUT2D eigenvalue weighted by molar-refractivity contribution is -0.837. The first-order chi connectivity index (χ1) is 5.75. The van der Waals surface area contributed by atoms with E-state index in [0.29, 0.717) is 4.39 Å². The smallest absolute Gasteiger partial charge is 0.277 e. The van der Waals surface area contributed by atoms with Gasteiger partial charge in [0.1, 0.15) is 0 Å². The van der Waals surface area contributed by atoms with E-state index in [9.17, 15) is 4.79 Å². The topological polar surface area (TPSA) is 43.1 Å². The third-order valence-electron chi connectivity index (χ3n) is 2.86. The maximum absolute atomic E-state index is 11.2. The van der Waals surface area contributed by atoms with Gasteiger partial charge in [-0.3, -0.25) is 0 Å². The van der Waals surface area contributed by atoms with Crippen molar-refractivity contribution in [2.75, 3.05) is 41.1 Å². The largest absolute Gasteiger partial charge is 0.588 e. The van der Waals surface area contributed by atoms with Gasteiger partial charge in [-0.05, 0) is 6.44 Å². The fourth-order valence-electron chi connectivity index (χ4n) is 1.73. The fourth-order valence-corrected chi connectivity index (χ4v) is 1.73. The lowest BCUT2D eigenvalue weighted by Crippen LogP contribution is -2.73. The zero-order valence-corrected chi connectivity index (χ0v) is 8.95. The Balaban J connectivity index is 2.82. The lowest BCUT2D eigenvalue weighted by Gasteiger charge is -2.62. The number of hydrogen-bond donors (Lipinski definition) is 1. The number of rotatable bonds is 1. The highest BCUT2D eigenvalue weighted by molar-refractivity contribution is 6.84. The fraction of sp³-hybridized carbons (Fsp3) is 0.857. The second-order valence-electron chi connectivity index (χ2n) is 5.02. The van der Waals surface area contributed by atoms with Gasteiger partial charge in [0.2, 0.25) is 0 Å². The number of quaternary nitrogens is 2. The molecule has 6 heteroatoms. The molecule has 0 aromatic heterocycles. The molecular formula is C7H18B2N3O. The summed E-state index contributed by atoms with van der Waals surface area (Å²) in [5.74, 6) is -0.190. The van der Waals surface area contributed by atoms with Crippen molar-refractivity contribution in [3.05, 3.63) is 0 Å². The molecule has 2 N–H and O–H groups in total. The quantitative estimate of drug-likeness (QED) is 0.515. The number of hydrogen-bond acceptors (Lipinski definition) is 1. The maximum Gasteiger partial charge on any atom is 0.277 e. The molecule has 1 rings (SSSR count). The normalized spacial score (nSPS) is 27.1. The van der Waals surface area contributed by atoms with Gasteiger partial charge in [0.25, 0.3) is 6.85 Å². The van der Waals surface area contributed by atoms with E-state index in [1.807, 2.05) is 14.1 Å². The van der Waals surface area contributed by atoms with Crippen molar-refractivity contribution in [2.24, 2.45) is 5.73 Å². The third kappa shape index (κ3) is 2.25. The maximum atomic E-state index is 11.2. The van der Waals surface area contributed by atoms with Gasteiger partial charge < -0.3 is 19.3 Å². The van der Waals surface area contributed by atoms with E-state index in [4.69, 9.17) is 5.73 Å². The molecule has 0 aromatic carbocycles. The molecule has 1 saturated heterocycles. The van der Waals surface area contributed by atoms with E-state index in [1.165, 1.54) is 0 Å². The Hall–Kier alpha value is -0.480. The molecule has 3 radical (unpaired) electrons. The summed E-state index contributed by atoms with van der Waals surface area (Å²) < 4.78 is 1.45. The van der Waals surface area contributed by atoms with E-state index in [2.05, 4.69) is 21.5 Å². The second-order valence-corrected chi connectivity index (χ2v) is 5.02. The van der Waals surface area contributed by atoms with Gasteiger partial charge in [-0.2, -0.15) is 0 Å². The van der Waals surface area contributed by atoms with Crippen LogP contribution in [-0.2, 0) is 0 Å². The molecule has 1 aliphatic rings. The van der Waals surface area contributed by atoms with Crippen LogP contribution in [0.15, 0.2) is 0 Å². The highest BCUT2D eigenvalue weighted by Crippen LogP contribution is 2.13. The average molecular weight is 182 g/mol. The van der Waals surface area contributed by atoms with Gasteiger partial charge in [0.05, 0.1) is 13.2 Å². The second kappa shape index (κ2) is 3.03. The monoisotopic (exact) mass is 182 g/mol. The van der Waals surface area contributed by atoms with Crippen molar-refractivity contribution in [3.8, 4) is 0 Å². The standard InChI is InChI=1S/C7H17B2N3O/c1-11(2)6-9(7(10)13)12(3,4)5-8-11/h5-6H2,1-4H3,(H-,10,13)/q-1/p+1. The third-order valence-corrected chi connectivity index (χ3v) is 2.86. The number of nitrogens with zero attached hydrogens (tertiary/aromatic N) is 2. The Kier molecular flexibility index (Phi) is 2.47. The van der Waals surface area contributed by atoms with Crippen LogP contribution in [0.1, 0.15) is 0 Å². The number of carbonyl (C=O) groups is 1. The predicted molar refractivity (Wildman–Crippen MR) is 55.0 cm³/mol. The first-order valence-electron chi connectivity index (χ1n) is 4.54. The molecule has 0 spiro atoms. The molecule has 73 valence electrons. The van der Waals surface area contributed by atoms with Gasteiger partial charge in [0, 0.05) is 28.2 Å². The van der Waals surface area contributed by atoms with Crippen LogP contribution in [0.4, 0.5) is 4.79 Å². The van der Waals surface area contributed by atoms with Crippen molar-refractivity contribution in [3.63, 3.8) is 0 Å². The summed E-state index contributed by atoms with van der Waals surface area (Å²) in [6, 6.07) is 0. The van der Waals surface area contributed by atoms with Crippen LogP contribution < -0.4 is 5.73 Å². The van der Waals surface area contributed by atoms with Gasteiger partial charge in [-0.25, -0.2) is 0 Å². The Bertz CT molecular complexity index is 230. The zero-order valence-electron chi connectivity index (χ0n) is 8.95. The Morgan fingerprint density at radius 2 is 1.92 bits per heavy atom. The minimum atomic E-state index is -0.190. The molecular weight excluding hydrogens is 164 g/mol. The van der Waals surface area contributed by atoms with E-state index in [-0.39, 0.29) is 12.7 Å². The van der Waals surface area contributed by atoms with Crippen LogP contribution in [0.5, 0.6) is 0 Å². The predicted octanol–water partition coefficient (Wildman–Crippen LogP) is -1.08. The summed E-state index contributed by atoms with van der Waals surface area (Å²) in [5.41, 5.74) is 5.39. The summed E-state index contributed by atoms with van der Waals surface area (Å²) in [4.78, 5) is 11.2. The number of primary amides is 1. The zero-order chi connectivity index (χ0) is 10.3. The van der Waals surface area contributed by atoms with Crippen LogP contribution in [0.2, 0.25) is 0 Å². The molecule has 13 heavy (non-hydrogen) atoms. The van der Waals surface area contributed by atoms with Crippen molar-refractivity contribution in [1.29, 1.82) is 0 Å². The molecule has 1 aliphatic heterocycles. The van der Waals surface area contributed by atoms with Crippen LogP contribution in [0.25, 0.3) is 0 Å². The summed E-state index contributed by atoms with van der Waals surface area (Å²) >= 11 is 0. The number of nitrogens with two attached hydrogens (primary N) is 1. The molecule has 0 saturated carbocycles. The average Bonchev–Trinajstić information content (AvgIpc) is 1.95. The van der Waals surface area contributed by atoms with E-state index >= 15 is 0 Å². The van der Waals surface area contributed by atoms with E-state index in [1.54, 1.807) is 0 Å².